The summed E-state index contributed by atoms with van der Waals surface area (Å²) in [5.74, 6) is 0.325. The summed E-state index contributed by atoms with van der Waals surface area (Å²) in [5, 5.41) is 0. The second-order valence-corrected chi connectivity index (χ2v) is 2.87. The van der Waals surface area contributed by atoms with Crippen molar-refractivity contribution >= 4 is 5.97 Å². The molecule has 0 amide bonds. The van der Waals surface area contributed by atoms with Gasteiger partial charge in [0, 0.05) is 5.57 Å². The van der Waals surface area contributed by atoms with Gasteiger partial charge in [0.15, 0.2) is 0 Å². The Balaban J connectivity index is 2.66. The van der Waals surface area contributed by atoms with E-state index in [1.807, 2.05) is 32.0 Å². The maximum Gasteiger partial charge on any atom is 0.339 e. The number of esters is 1. The maximum atomic E-state index is 11.5. The van der Waals surface area contributed by atoms with E-state index in [9.17, 15) is 4.79 Å². The molecule has 0 bridgehead atoms. The van der Waals surface area contributed by atoms with Gasteiger partial charge in [-0.3, -0.25) is 0 Å². The van der Waals surface area contributed by atoms with Crippen molar-refractivity contribution in [3.05, 3.63) is 42.0 Å². The van der Waals surface area contributed by atoms with Crippen molar-refractivity contribution in [2.75, 3.05) is 0 Å². The molecule has 1 rings (SSSR count). The van der Waals surface area contributed by atoms with Gasteiger partial charge in [0.05, 0.1) is 0 Å². The van der Waals surface area contributed by atoms with Gasteiger partial charge in [0.2, 0.25) is 0 Å². The number of carbonyl (C=O) groups excluding carboxylic acids is 1. The van der Waals surface area contributed by atoms with Crippen molar-refractivity contribution < 1.29 is 9.53 Å². The molecule has 0 heterocycles. The van der Waals surface area contributed by atoms with E-state index >= 15 is 0 Å². The van der Waals surface area contributed by atoms with Crippen LogP contribution in [-0.4, -0.2) is 5.97 Å². The van der Waals surface area contributed by atoms with E-state index in [0.717, 1.165) is 0 Å². The van der Waals surface area contributed by atoms with Crippen molar-refractivity contribution in [2.45, 2.75) is 20.3 Å². The van der Waals surface area contributed by atoms with E-state index in [1.54, 1.807) is 18.2 Å². The zero-order valence-electron chi connectivity index (χ0n) is 8.49. The molecule has 0 aliphatic rings. The molecule has 0 atom stereocenters. The van der Waals surface area contributed by atoms with Crippen LogP contribution in [0.15, 0.2) is 42.0 Å². The first-order valence-corrected chi connectivity index (χ1v) is 4.70. The second-order valence-electron chi connectivity index (χ2n) is 2.87. The molecule has 14 heavy (non-hydrogen) atoms. The third-order valence-electron chi connectivity index (χ3n) is 1.95. The van der Waals surface area contributed by atoms with E-state index in [-0.39, 0.29) is 5.97 Å². The van der Waals surface area contributed by atoms with Crippen LogP contribution >= 0.6 is 0 Å². The van der Waals surface area contributed by atoms with E-state index in [1.165, 1.54) is 0 Å². The quantitative estimate of drug-likeness (QED) is 0.416. The molecule has 1 aromatic carbocycles. The van der Waals surface area contributed by atoms with E-state index < -0.39 is 0 Å². The molecule has 0 saturated carbocycles. The summed E-state index contributed by atoms with van der Waals surface area (Å²) in [6, 6.07) is 9.09. The van der Waals surface area contributed by atoms with Gasteiger partial charge in [-0.2, -0.15) is 0 Å². The van der Waals surface area contributed by atoms with Gasteiger partial charge in [-0.1, -0.05) is 31.2 Å². The number of ether oxygens (including phenoxy) is 1. The highest BCUT2D eigenvalue weighted by Gasteiger charge is 2.08. The van der Waals surface area contributed by atoms with Gasteiger partial charge in [-0.25, -0.2) is 4.79 Å². The lowest BCUT2D eigenvalue weighted by Crippen LogP contribution is -2.10. The summed E-state index contributed by atoms with van der Waals surface area (Å²) in [6.07, 6.45) is 2.48. The van der Waals surface area contributed by atoms with Crippen LogP contribution in [0.5, 0.6) is 5.75 Å². The lowest BCUT2D eigenvalue weighted by Gasteiger charge is -2.04. The van der Waals surface area contributed by atoms with Crippen LogP contribution in [0.1, 0.15) is 20.3 Å². The summed E-state index contributed by atoms with van der Waals surface area (Å²) in [7, 11) is 0. The molecule has 0 aromatic heterocycles. The van der Waals surface area contributed by atoms with Gasteiger partial charge in [0.25, 0.3) is 0 Å². The molecule has 0 saturated heterocycles. The molecule has 2 heteroatoms. The van der Waals surface area contributed by atoms with Crippen molar-refractivity contribution in [1.82, 2.24) is 0 Å². The normalized spacial score (nSPS) is 11.1. The fourth-order valence-electron chi connectivity index (χ4n) is 1.13. The minimum Gasteiger partial charge on any atom is -0.423 e. The minimum atomic E-state index is -0.263. The number of carbonyl (C=O) groups is 1. The lowest BCUT2D eigenvalue weighted by molar-refractivity contribution is -0.130. The Kier molecular flexibility index (Phi) is 3.92. The lowest BCUT2D eigenvalue weighted by atomic mass is 10.2. The maximum absolute atomic E-state index is 11.5. The molecule has 0 N–H and O–H groups in total. The molecule has 0 unspecified atom stereocenters. The number of para-hydroxylation sites is 1. The Morgan fingerprint density at radius 3 is 2.50 bits per heavy atom. The Labute approximate surface area is 84.2 Å². The van der Waals surface area contributed by atoms with E-state index in [4.69, 9.17) is 4.74 Å². The first-order chi connectivity index (χ1) is 6.77. The molecule has 0 radical (unpaired) electrons. The average molecular weight is 190 g/mol. The highest BCUT2D eigenvalue weighted by molar-refractivity contribution is 5.89. The summed E-state index contributed by atoms with van der Waals surface area (Å²) < 4.78 is 5.15. The largest absolute Gasteiger partial charge is 0.423 e. The SMILES string of the molecule is CC=C(CC)C(=O)Oc1ccccc1. The molecular weight excluding hydrogens is 176 g/mol. The minimum absolute atomic E-state index is 0.263. The zero-order chi connectivity index (χ0) is 10.4. The second kappa shape index (κ2) is 5.22. The van der Waals surface area contributed by atoms with E-state index in [2.05, 4.69) is 0 Å². The van der Waals surface area contributed by atoms with Crippen LogP contribution in [0.3, 0.4) is 0 Å². The van der Waals surface area contributed by atoms with Crippen LogP contribution in [0, 0.1) is 0 Å². The fraction of sp³-hybridized carbons (Fsp3) is 0.250. The van der Waals surface area contributed by atoms with Crippen LogP contribution < -0.4 is 4.74 Å². The smallest absolute Gasteiger partial charge is 0.339 e. The molecule has 0 aliphatic carbocycles. The summed E-state index contributed by atoms with van der Waals surface area (Å²) in [4.78, 5) is 11.5. The van der Waals surface area contributed by atoms with Gasteiger partial charge in [-0.15, -0.1) is 0 Å². The monoisotopic (exact) mass is 190 g/mol. The summed E-state index contributed by atoms with van der Waals surface area (Å²) >= 11 is 0. The predicted molar refractivity (Wildman–Crippen MR) is 56.1 cm³/mol. The number of benzene rings is 1. The highest BCUT2D eigenvalue weighted by Crippen LogP contribution is 2.12. The molecule has 1 aromatic rings. The molecule has 0 spiro atoms. The number of allylic oxidation sites excluding steroid dienone is 1. The van der Waals surface area contributed by atoms with Crippen LogP contribution in [0.25, 0.3) is 0 Å². The Morgan fingerprint density at radius 2 is 2.00 bits per heavy atom. The average Bonchev–Trinajstić information content (AvgIpc) is 2.21. The number of rotatable bonds is 3. The third-order valence-corrected chi connectivity index (χ3v) is 1.95. The third kappa shape index (κ3) is 2.73. The van der Waals surface area contributed by atoms with Crippen molar-refractivity contribution in [3.63, 3.8) is 0 Å². The topological polar surface area (TPSA) is 26.3 Å². The number of hydrogen-bond acceptors (Lipinski definition) is 2. The van der Waals surface area contributed by atoms with Crippen molar-refractivity contribution in [2.24, 2.45) is 0 Å². The highest BCUT2D eigenvalue weighted by atomic mass is 16.5. The molecule has 0 aliphatic heterocycles. The van der Waals surface area contributed by atoms with Gasteiger partial charge >= 0.3 is 5.97 Å². The number of hydrogen-bond donors (Lipinski definition) is 0. The Hall–Kier alpha value is -1.57. The van der Waals surface area contributed by atoms with Gasteiger partial charge in [-0.05, 0) is 25.5 Å². The van der Waals surface area contributed by atoms with Gasteiger partial charge in [0.1, 0.15) is 5.75 Å². The van der Waals surface area contributed by atoms with Crippen molar-refractivity contribution in [1.29, 1.82) is 0 Å². The van der Waals surface area contributed by atoms with E-state index in [0.29, 0.717) is 17.7 Å². The first kappa shape index (κ1) is 10.5. The zero-order valence-corrected chi connectivity index (χ0v) is 8.49. The molecular formula is C12H14O2. The van der Waals surface area contributed by atoms with Crippen LogP contribution in [0.2, 0.25) is 0 Å². The van der Waals surface area contributed by atoms with Gasteiger partial charge < -0.3 is 4.74 Å². The van der Waals surface area contributed by atoms with Crippen LogP contribution in [-0.2, 0) is 4.79 Å². The van der Waals surface area contributed by atoms with Crippen LogP contribution in [0.4, 0.5) is 0 Å². The molecule has 74 valence electrons. The standard InChI is InChI=1S/C12H14O2/c1-3-10(4-2)12(13)14-11-8-6-5-7-9-11/h3,5-9H,4H2,1-2H3. The molecule has 2 nitrogen and oxygen atoms in total. The summed E-state index contributed by atoms with van der Waals surface area (Å²) in [6.45, 7) is 3.77. The fourth-order valence-corrected chi connectivity index (χ4v) is 1.13. The van der Waals surface area contributed by atoms with Crippen molar-refractivity contribution in [3.8, 4) is 5.75 Å². The Morgan fingerprint density at radius 1 is 1.36 bits per heavy atom. The molecule has 0 fully saturated rings. The first-order valence-electron chi connectivity index (χ1n) is 4.70. The Bertz CT molecular complexity index is 325. The predicted octanol–water partition coefficient (Wildman–Crippen LogP) is 2.95. The summed E-state index contributed by atoms with van der Waals surface area (Å²) in [5.41, 5.74) is 0.703.